The van der Waals surface area contributed by atoms with Crippen molar-refractivity contribution in [3.63, 3.8) is 0 Å². The Morgan fingerprint density at radius 2 is 1.80 bits per heavy atom. The second kappa shape index (κ2) is 8.08. The van der Waals surface area contributed by atoms with E-state index in [1.807, 2.05) is 37.3 Å². The third kappa shape index (κ3) is 5.36. The summed E-state index contributed by atoms with van der Waals surface area (Å²) in [4.78, 5) is 12.4. The molecule has 2 aromatic rings. The summed E-state index contributed by atoms with van der Waals surface area (Å²) >= 11 is 12.0. The summed E-state index contributed by atoms with van der Waals surface area (Å²) in [5, 5.41) is 3.30. The first-order chi connectivity index (χ1) is 11.7. The lowest BCUT2D eigenvalue weighted by molar-refractivity contribution is -0.120. The van der Waals surface area contributed by atoms with E-state index in [0.29, 0.717) is 5.02 Å². The summed E-state index contributed by atoms with van der Waals surface area (Å²) in [5.41, 5.74) is 1.08. The van der Waals surface area contributed by atoms with Crippen molar-refractivity contribution < 1.29 is 13.2 Å². The molecule has 0 saturated carbocycles. The fourth-order valence-corrected chi connectivity index (χ4v) is 3.60. The zero-order valence-electron chi connectivity index (χ0n) is 13.7. The van der Waals surface area contributed by atoms with Crippen LogP contribution in [0.3, 0.4) is 0 Å². The maximum absolute atomic E-state index is 12.4. The molecule has 0 fully saturated rings. The Labute approximate surface area is 157 Å². The highest BCUT2D eigenvalue weighted by Gasteiger charge is 2.24. The van der Waals surface area contributed by atoms with E-state index < -0.39 is 22.5 Å². The molecule has 134 valence electrons. The fraction of sp³-hybridized carbons (Fsp3) is 0.235. The molecule has 1 amide bonds. The number of amides is 1. The molecule has 0 unspecified atom stereocenters. The molecule has 2 aromatic carbocycles. The van der Waals surface area contributed by atoms with Crippen LogP contribution in [0.25, 0.3) is 0 Å². The molecular formula is C17H18Cl2N2O3S. The average molecular weight is 401 g/mol. The minimum absolute atomic E-state index is 0.166. The quantitative estimate of drug-likeness (QED) is 0.804. The van der Waals surface area contributed by atoms with E-state index in [4.69, 9.17) is 23.2 Å². The summed E-state index contributed by atoms with van der Waals surface area (Å²) in [6.45, 7) is 1.43. The van der Waals surface area contributed by atoms with Gasteiger partial charge in [0.1, 0.15) is 6.54 Å². The smallest absolute Gasteiger partial charge is 0.241 e. The maximum atomic E-state index is 12.4. The summed E-state index contributed by atoms with van der Waals surface area (Å²) in [7, 11) is -3.72. The number of nitrogens with one attached hydrogen (secondary N) is 1. The number of benzene rings is 2. The molecule has 0 bridgehead atoms. The van der Waals surface area contributed by atoms with Crippen LogP contribution in [0.4, 0.5) is 5.69 Å². The van der Waals surface area contributed by atoms with Gasteiger partial charge in [-0.1, -0.05) is 53.5 Å². The summed E-state index contributed by atoms with van der Waals surface area (Å²) in [6.07, 6.45) is 1.01. The number of nitrogens with zero attached hydrogens (tertiary/aromatic N) is 1. The van der Waals surface area contributed by atoms with Crippen LogP contribution in [0.15, 0.2) is 48.5 Å². The highest BCUT2D eigenvalue weighted by atomic mass is 35.5. The van der Waals surface area contributed by atoms with Crippen molar-refractivity contribution >= 4 is 44.8 Å². The molecule has 0 aromatic heterocycles. The van der Waals surface area contributed by atoms with Crippen LogP contribution in [0.5, 0.6) is 0 Å². The minimum atomic E-state index is -3.72. The lowest BCUT2D eigenvalue weighted by Crippen LogP contribution is -2.41. The van der Waals surface area contributed by atoms with Gasteiger partial charge in [0.15, 0.2) is 0 Å². The number of anilines is 1. The molecule has 1 atom stereocenters. The number of halogens is 2. The van der Waals surface area contributed by atoms with E-state index in [0.717, 1.165) is 16.1 Å². The SMILES string of the molecule is C[C@H](NC(=O)CN(c1cc(Cl)ccc1Cl)S(C)(=O)=O)c1ccccc1. The largest absolute Gasteiger partial charge is 0.348 e. The summed E-state index contributed by atoms with van der Waals surface area (Å²) in [6, 6.07) is 13.6. The van der Waals surface area contributed by atoms with Gasteiger partial charge >= 0.3 is 0 Å². The Balaban J connectivity index is 2.20. The molecular weight excluding hydrogens is 383 g/mol. The lowest BCUT2D eigenvalue weighted by Gasteiger charge is -2.24. The van der Waals surface area contributed by atoms with Gasteiger partial charge in [-0.2, -0.15) is 0 Å². The first-order valence-corrected chi connectivity index (χ1v) is 10.1. The average Bonchev–Trinajstić information content (AvgIpc) is 2.55. The summed E-state index contributed by atoms with van der Waals surface area (Å²) in [5.74, 6) is -0.446. The predicted molar refractivity (Wildman–Crippen MR) is 102 cm³/mol. The van der Waals surface area contributed by atoms with Crippen molar-refractivity contribution in [3.05, 3.63) is 64.1 Å². The highest BCUT2D eigenvalue weighted by Crippen LogP contribution is 2.30. The number of carbonyl (C=O) groups excluding carboxylic acids is 1. The van der Waals surface area contributed by atoms with Gasteiger partial charge in [-0.15, -0.1) is 0 Å². The van der Waals surface area contributed by atoms with Crippen LogP contribution >= 0.6 is 23.2 Å². The Morgan fingerprint density at radius 1 is 1.16 bits per heavy atom. The molecule has 25 heavy (non-hydrogen) atoms. The molecule has 0 aliphatic rings. The Kier molecular flexibility index (Phi) is 6.32. The monoisotopic (exact) mass is 400 g/mol. The minimum Gasteiger partial charge on any atom is -0.348 e. The molecule has 5 nitrogen and oxygen atoms in total. The molecule has 0 spiro atoms. The topological polar surface area (TPSA) is 66.5 Å². The zero-order valence-corrected chi connectivity index (χ0v) is 16.1. The number of hydrogen-bond acceptors (Lipinski definition) is 3. The third-order valence-electron chi connectivity index (χ3n) is 3.54. The van der Waals surface area contributed by atoms with Crippen LogP contribution in [0.1, 0.15) is 18.5 Å². The van der Waals surface area contributed by atoms with E-state index in [1.54, 1.807) is 6.07 Å². The number of hydrogen-bond donors (Lipinski definition) is 1. The van der Waals surface area contributed by atoms with Gasteiger partial charge in [-0.3, -0.25) is 9.10 Å². The van der Waals surface area contributed by atoms with Gasteiger partial charge in [-0.25, -0.2) is 8.42 Å². The van der Waals surface area contributed by atoms with Crippen LogP contribution in [-0.4, -0.2) is 27.1 Å². The zero-order chi connectivity index (χ0) is 18.6. The molecule has 0 radical (unpaired) electrons. The van der Waals surface area contributed by atoms with Crippen molar-refractivity contribution in [2.75, 3.05) is 17.1 Å². The van der Waals surface area contributed by atoms with E-state index in [1.165, 1.54) is 12.1 Å². The van der Waals surface area contributed by atoms with Crippen molar-refractivity contribution in [2.45, 2.75) is 13.0 Å². The van der Waals surface area contributed by atoms with Crippen LogP contribution in [0.2, 0.25) is 10.0 Å². The molecule has 8 heteroatoms. The first kappa shape index (κ1) is 19.6. The van der Waals surface area contributed by atoms with Gasteiger partial charge in [0.25, 0.3) is 0 Å². The molecule has 0 aliphatic carbocycles. The Bertz CT molecular complexity index is 857. The van der Waals surface area contributed by atoms with Crippen molar-refractivity contribution in [1.82, 2.24) is 5.32 Å². The van der Waals surface area contributed by atoms with Gasteiger partial charge in [-0.05, 0) is 30.7 Å². The fourth-order valence-electron chi connectivity index (χ4n) is 2.30. The predicted octanol–water partition coefficient (Wildman–Crippen LogP) is 3.64. The number of sulfonamides is 1. The Hall–Kier alpha value is -1.76. The molecule has 0 aliphatic heterocycles. The van der Waals surface area contributed by atoms with E-state index in [9.17, 15) is 13.2 Å². The molecule has 0 heterocycles. The number of carbonyl (C=O) groups is 1. The van der Waals surface area contributed by atoms with Gasteiger partial charge in [0.05, 0.1) is 23.0 Å². The standard InChI is InChI=1S/C17H18Cl2N2O3S/c1-12(13-6-4-3-5-7-13)20-17(22)11-21(25(2,23)24)16-10-14(18)8-9-15(16)19/h3-10,12H,11H2,1-2H3,(H,20,22)/t12-/m0/s1. The highest BCUT2D eigenvalue weighted by molar-refractivity contribution is 7.92. The third-order valence-corrected chi connectivity index (χ3v) is 5.22. The lowest BCUT2D eigenvalue weighted by atomic mass is 10.1. The van der Waals surface area contributed by atoms with Crippen LogP contribution < -0.4 is 9.62 Å². The maximum Gasteiger partial charge on any atom is 0.241 e. The van der Waals surface area contributed by atoms with E-state index >= 15 is 0 Å². The molecule has 0 saturated heterocycles. The molecule has 1 N–H and O–H groups in total. The summed E-state index contributed by atoms with van der Waals surface area (Å²) < 4.78 is 25.2. The number of rotatable bonds is 6. The van der Waals surface area contributed by atoms with Gasteiger partial charge < -0.3 is 5.32 Å². The molecule has 2 rings (SSSR count). The van der Waals surface area contributed by atoms with Crippen LogP contribution in [0, 0.1) is 0 Å². The Morgan fingerprint density at radius 3 is 2.40 bits per heavy atom. The second-order valence-electron chi connectivity index (χ2n) is 5.57. The normalized spacial score (nSPS) is 12.5. The van der Waals surface area contributed by atoms with Crippen molar-refractivity contribution in [2.24, 2.45) is 0 Å². The first-order valence-electron chi connectivity index (χ1n) is 7.45. The van der Waals surface area contributed by atoms with Crippen molar-refractivity contribution in [1.29, 1.82) is 0 Å². The van der Waals surface area contributed by atoms with Gasteiger partial charge in [0.2, 0.25) is 15.9 Å². The van der Waals surface area contributed by atoms with E-state index in [-0.39, 0.29) is 16.8 Å². The second-order valence-corrected chi connectivity index (χ2v) is 8.32. The van der Waals surface area contributed by atoms with Crippen molar-refractivity contribution in [3.8, 4) is 0 Å². The van der Waals surface area contributed by atoms with E-state index in [2.05, 4.69) is 5.32 Å². The van der Waals surface area contributed by atoms with Gasteiger partial charge in [0, 0.05) is 5.02 Å². The van der Waals surface area contributed by atoms with Crippen LogP contribution in [-0.2, 0) is 14.8 Å².